The Morgan fingerprint density at radius 3 is 2.79 bits per heavy atom. The minimum absolute atomic E-state index is 0.00674. The van der Waals surface area contributed by atoms with Gasteiger partial charge in [0.05, 0.1) is 18.3 Å². The number of benzene rings is 1. The van der Waals surface area contributed by atoms with Crippen molar-refractivity contribution in [2.75, 3.05) is 11.9 Å². The van der Waals surface area contributed by atoms with Crippen LogP contribution in [-0.4, -0.2) is 29.4 Å². The number of nitrogens with two attached hydrogens (primary N) is 1. The first-order valence-electron chi connectivity index (χ1n) is 7.41. The van der Waals surface area contributed by atoms with Gasteiger partial charge in [0.1, 0.15) is 0 Å². The van der Waals surface area contributed by atoms with E-state index in [4.69, 9.17) is 17.3 Å². The zero-order valence-electron chi connectivity index (χ0n) is 13.4. The van der Waals surface area contributed by atoms with Crippen LogP contribution in [-0.2, 0) is 9.59 Å². The van der Waals surface area contributed by atoms with Crippen molar-refractivity contribution in [3.8, 4) is 11.3 Å². The molecule has 0 fully saturated rings. The summed E-state index contributed by atoms with van der Waals surface area (Å²) in [5.41, 5.74) is 7.31. The number of carbonyl (C=O) groups excluding carboxylic acids is 2. The molecular weight excluding hydrogens is 348 g/mol. The van der Waals surface area contributed by atoms with Gasteiger partial charge in [0, 0.05) is 16.0 Å². The standard InChI is InChI=1S/C16H19ClN4O2S/c1-9(2)14(18)15(23)19-7-13(22)21-16-20-12(8-24-16)10-4-3-5-11(17)6-10/h3-6,8-9,14H,7,18H2,1-2H3,(H,19,23)(H,20,21,22)/t14-/m0/s1. The zero-order valence-corrected chi connectivity index (χ0v) is 14.9. The summed E-state index contributed by atoms with van der Waals surface area (Å²) in [6, 6.07) is 6.68. The maximum Gasteiger partial charge on any atom is 0.245 e. The molecule has 2 amide bonds. The van der Waals surface area contributed by atoms with Crippen LogP contribution in [0.25, 0.3) is 11.3 Å². The molecule has 0 aliphatic rings. The fourth-order valence-corrected chi connectivity index (χ4v) is 2.79. The smallest absolute Gasteiger partial charge is 0.245 e. The normalized spacial score (nSPS) is 12.0. The summed E-state index contributed by atoms with van der Waals surface area (Å²) < 4.78 is 0. The van der Waals surface area contributed by atoms with Crippen molar-refractivity contribution in [3.05, 3.63) is 34.7 Å². The average molecular weight is 367 g/mol. The molecule has 0 aliphatic heterocycles. The predicted molar refractivity (Wildman–Crippen MR) is 97.0 cm³/mol. The van der Waals surface area contributed by atoms with Gasteiger partial charge in [-0.2, -0.15) is 0 Å². The third-order valence-corrected chi connectivity index (χ3v) is 4.31. The van der Waals surface area contributed by atoms with Crippen LogP contribution < -0.4 is 16.4 Å². The molecule has 0 bridgehead atoms. The molecule has 0 unspecified atom stereocenters. The number of amides is 2. The summed E-state index contributed by atoms with van der Waals surface area (Å²) in [4.78, 5) is 28.0. The van der Waals surface area contributed by atoms with Crippen LogP contribution in [0.5, 0.6) is 0 Å². The Balaban J connectivity index is 1.90. The number of anilines is 1. The summed E-state index contributed by atoms with van der Waals surface area (Å²) >= 11 is 7.26. The second-order valence-electron chi connectivity index (χ2n) is 5.58. The first-order valence-corrected chi connectivity index (χ1v) is 8.67. The van der Waals surface area contributed by atoms with Gasteiger partial charge in [0.2, 0.25) is 11.8 Å². The van der Waals surface area contributed by atoms with Crippen LogP contribution in [0, 0.1) is 5.92 Å². The van der Waals surface area contributed by atoms with E-state index in [1.54, 1.807) is 12.1 Å². The Hall–Kier alpha value is -1.96. The molecule has 0 saturated heterocycles. The second kappa shape index (κ2) is 8.23. The van der Waals surface area contributed by atoms with Gasteiger partial charge in [0.15, 0.2) is 5.13 Å². The second-order valence-corrected chi connectivity index (χ2v) is 6.88. The maximum absolute atomic E-state index is 11.9. The molecule has 2 aromatic rings. The lowest BCUT2D eigenvalue weighted by Gasteiger charge is -2.14. The van der Waals surface area contributed by atoms with Crippen LogP contribution in [0.15, 0.2) is 29.6 Å². The molecule has 0 aliphatic carbocycles. The van der Waals surface area contributed by atoms with Crippen molar-refractivity contribution in [1.29, 1.82) is 0 Å². The van der Waals surface area contributed by atoms with E-state index in [9.17, 15) is 9.59 Å². The van der Waals surface area contributed by atoms with Crippen LogP contribution in [0.4, 0.5) is 5.13 Å². The molecule has 128 valence electrons. The molecule has 6 nitrogen and oxygen atoms in total. The van der Waals surface area contributed by atoms with E-state index in [2.05, 4.69) is 15.6 Å². The minimum Gasteiger partial charge on any atom is -0.346 e. The summed E-state index contributed by atoms with van der Waals surface area (Å²) in [5, 5.41) is 8.07. The van der Waals surface area contributed by atoms with Gasteiger partial charge in [-0.3, -0.25) is 9.59 Å². The molecule has 4 N–H and O–H groups in total. The summed E-state index contributed by atoms with van der Waals surface area (Å²) in [6.45, 7) is 3.54. The van der Waals surface area contributed by atoms with E-state index in [-0.39, 0.29) is 24.3 Å². The number of carbonyl (C=O) groups is 2. The van der Waals surface area contributed by atoms with Gasteiger partial charge < -0.3 is 16.4 Å². The van der Waals surface area contributed by atoms with Gasteiger partial charge in [-0.05, 0) is 18.1 Å². The maximum atomic E-state index is 11.9. The van der Waals surface area contributed by atoms with E-state index in [1.165, 1.54) is 11.3 Å². The van der Waals surface area contributed by atoms with Crippen LogP contribution in [0.1, 0.15) is 13.8 Å². The summed E-state index contributed by atoms with van der Waals surface area (Å²) in [6.07, 6.45) is 0. The molecule has 1 heterocycles. The Morgan fingerprint density at radius 2 is 2.12 bits per heavy atom. The lowest BCUT2D eigenvalue weighted by molar-refractivity contribution is -0.125. The van der Waals surface area contributed by atoms with Crippen molar-refractivity contribution in [1.82, 2.24) is 10.3 Å². The molecular formula is C16H19ClN4O2S. The SMILES string of the molecule is CC(C)[C@H](N)C(=O)NCC(=O)Nc1nc(-c2cccc(Cl)c2)cs1. The van der Waals surface area contributed by atoms with Gasteiger partial charge >= 0.3 is 0 Å². The van der Waals surface area contributed by atoms with Gasteiger partial charge in [-0.15, -0.1) is 11.3 Å². The van der Waals surface area contributed by atoms with E-state index in [0.29, 0.717) is 10.2 Å². The number of halogens is 1. The lowest BCUT2D eigenvalue weighted by atomic mass is 10.1. The lowest BCUT2D eigenvalue weighted by Crippen LogP contribution is -2.46. The van der Waals surface area contributed by atoms with Crippen molar-refractivity contribution < 1.29 is 9.59 Å². The van der Waals surface area contributed by atoms with E-state index in [0.717, 1.165) is 11.3 Å². The molecule has 1 atom stereocenters. The topological polar surface area (TPSA) is 97.1 Å². The Labute approximate surface area is 149 Å². The largest absolute Gasteiger partial charge is 0.346 e. The first-order chi connectivity index (χ1) is 11.4. The number of rotatable bonds is 6. The monoisotopic (exact) mass is 366 g/mol. The number of nitrogens with zero attached hydrogens (tertiary/aromatic N) is 1. The van der Waals surface area contributed by atoms with E-state index >= 15 is 0 Å². The molecule has 0 spiro atoms. The van der Waals surface area contributed by atoms with Gasteiger partial charge in [-0.25, -0.2) is 4.98 Å². The zero-order chi connectivity index (χ0) is 17.7. The highest BCUT2D eigenvalue weighted by atomic mass is 35.5. The highest BCUT2D eigenvalue weighted by Crippen LogP contribution is 2.26. The quantitative estimate of drug-likeness (QED) is 0.731. The number of thiazole rings is 1. The molecule has 0 radical (unpaired) electrons. The van der Waals surface area contributed by atoms with Gasteiger partial charge in [-0.1, -0.05) is 37.6 Å². The highest BCUT2D eigenvalue weighted by Gasteiger charge is 2.18. The van der Waals surface area contributed by atoms with Crippen LogP contribution >= 0.6 is 22.9 Å². The Morgan fingerprint density at radius 1 is 1.38 bits per heavy atom. The highest BCUT2D eigenvalue weighted by molar-refractivity contribution is 7.14. The molecule has 2 rings (SSSR count). The van der Waals surface area contributed by atoms with E-state index < -0.39 is 6.04 Å². The molecule has 24 heavy (non-hydrogen) atoms. The Bertz CT molecular complexity index is 732. The number of hydrogen-bond acceptors (Lipinski definition) is 5. The third kappa shape index (κ3) is 5.02. The Kier molecular flexibility index (Phi) is 6.30. The van der Waals surface area contributed by atoms with Crippen molar-refractivity contribution >= 4 is 39.9 Å². The minimum atomic E-state index is -0.632. The van der Waals surface area contributed by atoms with Crippen molar-refractivity contribution in [2.45, 2.75) is 19.9 Å². The first kappa shape index (κ1) is 18.4. The van der Waals surface area contributed by atoms with Crippen LogP contribution in [0.2, 0.25) is 5.02 Å². The van der Waals surface area contributed by atoms with Crippen molar-refractivity contribution in [2.24, 2.45) is 11.7 Å². The predicted octanol–water partition coefficient (Wildman–Crippen LogP) is 2.50. The summed E-state index contributed by atoms with van der Waals surface area (Å²) in [7, 11) is 0. The van der Waals surface area contributed by atoms with Crippen LogP contribution in [0.3, 0.4) is 0 Å². The number of hydrogen-bond donors (Lipinski definition) is 3. The third-order valence-electron chi connectivity index (χ3n) is 3.32. The molecule has 1 aromatic heterocycles. The van der Waals surface area contributed by atoms with Crippen molar-refractivity contribution in [3.63, 3.8) is 0 Å². The number of aromatic nitrogens is 1. The number of nitrogens with one attached hydrogen (secondary N) is 2. The molecule has 1 aromatic carbocycles. The van der Waals surface area contributed by atoms with E-state index in [1.807, 2.05) is 31.4 Å². The fourth-order valence-electron chi connectivity index (χ4n) is 1.86. The van der Waals surface area contributed by atoms with Gasteiger partial charge in [0.25, 0.3) is 0 Å². The fraction of sp³-hybridized carbons (Fsp3) is 0.312. The average Bonchev–Trinajstić information content (AvgIpc) is 3.00. The molecule has 0 saturated carbocycles. The summed E-state index contributed by atoms with van der Waals surface area (Å²) in [5.74, 6) is -0.697. The molecule has 8 heteroatoms.